The third-order valence-corrected chi connectivity index (χ3v) is 3.20. The molecule has 0 aliphatic rings. The zero-order valence-electron chi connectivity index (χ0n) is 12.8. The Hall–Kier alpha value is -2.11. The molecule has 118 valence electrons. The second-order valence-corrected chi connectivity index (χ2v) is 5.05. The molecule has 1 aromatic carbocycles. The molecule has 1 unspecified atom stereocenters. The number of aliphatic hydroxyl groups is 1. The molecular formula is C17H21NO4. The highest BCUT2D eigenvalue weighted by Crippen LogP contribution is 2.14. The van der Waals surface area contributed by atoms with Crippen molar-refractivity contribution in [1.29, 1.82) is 0 Å². The summed E-state index contributed by atoms with van der Waals surface area (Å²) < 4.78 is 10.2. The first-order valence-corrected chi connectivity index (χ1v) is 7.31. The van der Waals surface area contributed by atoms with Crippen LogP contribution in [0.2, 0.25) is 0 Å². The van der Waals surface area contributed by atoms with Crippen molar-refractivity contribution in [2.45, 2.75) is 26.5 Å². The van der Waals surface area contributed by atoms with Gasteiger partial charge in [0, 0.05) is 6.54 Å². The van der Waals surface area contributed by atoms with Crippen molar-refractivity contribution in [1.82, 2.24) is 5.32 Å². The van der Waals surface area contributed by atoms with Crippen molar-refractivity contribution >= 4 is 5.97 Å². The summed E-state index contributed by atoms with van der Waals surface area (Å²) in [7, 11) is 0. The van der Waals surface area contributed by atoms with Crippen molar-refractivity contribution in [2.24, 2.45) is 0 Å². The van der Waals surface area contributed by atoms with Gasteiger partial charge in [0.2, 0.25) is 5.76 Å². The standard InChI is InChI=1S/C17H21NO4/c1-3-21-17(20)16-8-7-14(22-16)10-18-11-15(19)13-6-4-5-12(2)9-13/h4-9,15,18-19H,3,10-11H2,1-2H3. The molecule has 5 heteroatoms. The Bertz CT molecular complexity index is 621. The number of aryl methyl sites for hydroxylation is 1. The number of carbonyl (C=O) groups is 1. The predicted octanol–water partition coefficient (Wildman–Crippen LogP) is 2.59. The second kappa shape index (κ2) is 7.77. The van der Waals surface area contributed by atoms with Gasteiger partial charge in [0.15, 0.2) is 0 Å². The monoisotopic (exact) mass is 303 g/mol. The molecule has 2 N–H and O–H groups in total. The molecule has 0 aliphatic heterocycles. The fourth-order valence-corrected chi connectivity index (χ4v) is 2.11. The Morgan fingerprint density at radius 3 is 2.91 bits per heavy atom. The van der Waals surface area contributed by atoms with E-state index in [1.165, 1.54) is 0 Å². The maximum absolute atomic E-state index is 11.5. The summed E-state index contributed by atoms with van der Waals surface area (Å²) in [6, 6.07) is 11.1. The highest BCUT2D eigenvalue weighted by molar-refractivity contribution is 5.86. The van der Waals surface area contributed by atoms with Crippen LogP contribution in [-0.2, 0) is 11.3 Å². The fraction of sp³-hybridized carbons (Fsp3) is 0.353. The van der Waals surface area contributed by atoms with Crippen molar-refractivity contribution in [3.05, 3.63) is 59.0 Å². The maximum atomic E-state index is 11.5. The van der Waals surface area contributed by atoms with Crippen LogP contribution < -0.4 is 5.32 Å². The van der Waals surface area contributed by atoms with Crippen molar-refractivity contribution < 1.29 is 19.1 Å². The minimum atomic E-state index is -0.584. The van der Waals surface area contributed by atoms with Crippen LogP contribution in [0.4, 0.5) is 0 Å². The number of ether oxygens (including phenoxy) is 1. The van der Waals surface area contributed by atoms with Crippen LogP contribution in [0.3, 0.4) is 0 Å². The molecule has 0 saturated carbocycles. The molecule has 1 aromatic heterocycles. The van der Waals surface area contributed by atoms with Gasteiger partial charge in [0.05, 0.1) is 19.3 Å². The topological polar surface area (TPSA) is 71.7 Å². The number of rotatable bonds is 7. The third-order valence-electron chi connectivity index (χ3n) is 3.20. The van der Waals surface area contributed by atoms with E-state index in [4.69, 9.17) is 9.15 Å². The number of esters is 1. The molecule has 1 atom stereocenters. The first-order valence-electron chi connectivity index (χ1n) is 7.31. The normalized spacial score (nSPS) is 12.1. The molecule has 0 radical (unpaired) electrons. The molecular weight excluding hydrogens is 282 g/mol. The number of carbonyl (C=O) groups excluding carboxylic acids is 1. The summed E-state index contributed by atoms with van der Waals surface area (Å²) in [5.74, 6) is 0.353. The number of furan rings is 1. The van der Waals surface area contributed by atoms with Crippen LogP contribution >= 0.6 is 0 Å². The average Bonchev–Trinajstić information content (AvgIpc) is 2.96. The van der Waals surface area contributed by atoms with Crippen LogP contribution in [0, 0.1) is 6.92 Å². The van der Waals surface area contributed by atoms with Crippen LogP contribution in [0.15, 0.2) is 40.8 Å². The molecule has 0 saturated heterocycles. The lowest BCUT2D eigenvalue weighted by Crippen LogP contribution is -2.20. The summed E-state index contributed by atoms with van der Waals surface area (Å²) in [6.07, 6.45) is -0.584. The third kappa shape index (κ3) is 4.44. The molecule has 0 fully saturated rings. The van der Waals surface area contributed by atoms with E-state index in [0.29, 0.717) is 25.5 Å². The van der Waals surface area contributed by atoms with Crippen LogP contribution in [0.5, 0.6) is 0 Å². The highest BCUT2D eigenvalue weighted by Gasteiger charge is 2.12. The maximum Gasteiger partial charge on any atom is 0.374 e. The predicted molar refractivity (Wildman–Crippen MR) is 82.5 cm³/mol. The second-order valence-electron chi connectivity index (χ2n) is 5.05. The average molecular weight is 303 g/mol. The van der Waals surface area contributed by atoms with Gasteiger partial charge in [-0.3, -0.25) is 0 Å². The number of aliphatic hydroxyl groups excluding tert-OH is 1. The van der Waals surface area contributed by atoms with E-state index in [-0.39, 0.29) is 5.76 Å². The molecule has 2 aromatic rings. The molecule has 0 amide bonds. The lowest BCUT2D eigenvalue weighted by atomic mass is 10.1. The zero-order valence-corrected chi connectivity index (χ0v) is 12.8. The minimum Gasteiger partial charge on any atom is -0.460 e. The van der Waals surface area contributed by atoms with Gasteiger partial charge in [-0.1, -0.05) is 29.8 Å². The molecule has 2 rings (SSSR count). The quantitative estimate of drug-likeness (QED) is 0.769. The Labute approximate surface area is 129 Å². The van der Waals surface area contributed by atoms with E-state index >= 15 is 0 Å². The largest absolute Gasteiger partial charge is 0.460 e. The van der Waals surface area contributed by atoms with Gasteiger partial charge in [-0.2, -0.15) is 0 Å². The Kier molecular flexibility index (Phi) is 5.75. The Morgan fingerprint density at radius 1 is 1.36 bits per heavy atom. The van der Waals surface area contributed by atoms with Gasteiger partial charge < -0.3 is 19.6 Å². The highest BCUT2D eigenvalue weighted by atomic mass is 16.5. The smallest absolute Gasteiger partial charge is 0.374 e. The first kappa shape index (κ1) is 16.3. The van der Waals surface area contributed by atoms with E-state index < -0.39 is 12.1 Å². The van der Waals surface area contributed by atoms with Gasteiger partial charge in [-0.15, -0.1) is 0 Å². The summed E-state index contributed by atoms with van der Waals surface area (Å²) in [5, 5.41) is 13.2. The lowest BCUT2D eigenvalue weighted by Gasteiger charge is -2.12. The number of hydrogen-bond acceptors (Lipinski definition) is 5. The van der Waals surface area contributed by atoms with Gasteiger partial charge in [0.25, 0.3) is 0 Å². The number of hydrogen-bond donors (Lipinski definition) is 2. The van der Waals surface area contributed by atoms with E-state index in [2.05, 4.69) is 5.32 Å². The summed E-state index contributed by atoms with van der Waals surface area (Å²) >= 11 is 0. The van der Waals surface area contributed by atoms with Gasteiger partial charge >= 0.3 is 5.97 Å². The van der Waals surface area contributed by atoms with Crippen LogP contribution in [-0.4, -0.2) is 24.2 Å². The fourth-order valence-electron chi connectivity index (χ4n) is 2.11. The summed E-state index contributed by atoms with van der Waals surface area (Å²) in [5.41, 5.74) is 1.99. The van der Waals surface area contributed by atoms with E-state index in [9.17, 15) is 9.90 Å². The lowest BCUT2D eigenvalue weighted by molar-refractivity contribution is 0.0487. The van der Waals surface area contributed by atoms with Crippen molar-refractivity contribution in [3.63, 3.8) is 0 Å². The summed E-state index contributed by atoms with van der Waals surface area (Å²) in [4.78, 5) is 11.5. The first-order chi connectivity index (χ1) is 10.6. The summed E-state index contributed by atoms with van der Waals surface area (Å²) in [6.45, 7) is 4.89. The van der Waals surface area contributed by atoms with E-state index in [1.807, 2.05) is 31.2 Å². The SMILES string of the molecule is CCOC(=O)c1ccc(CNCC(O)c2cccc(C)c2)o1. The molecule has 0 aliphatic carbocycles. The van der Waals surface area contributed by atoms with Crippen molar-refractivity contribution in [3.8, 4) is 0 Å². The Morgan fingerprint density at radius 2 is 2.18 bits per heavy atom. The van der Waals surface area contributed by atoms with E-state index in [0.717, 1.165) is 11.1 Å². The minimum absolute atomic E-state index is 0.192. The van der Waals surface area contributed by atoms with Gasteiger partial charge in [-0.25, -0.2) is 4.79 Å². The number of nitrogens with one attached hydrogen (secondary N) is 1. The molecule has 0 spiro atoms. The van der Waals surface area contributed by atoms with Gasteiger partial charge in [0.1, 0.15) is 5.76 Å². The number of benzene rings is 1. The molecule has 22 heavy (non-hydrogen) atoms. The van der Waals surface area contributed by atoms with E-state index in [1.54, 1.807) is 19.1 Å². The Balaban J connectivity index is 1.82. The zero-order chi connectivity index (χ0) is 15.9. The van der Waals surface area contributed by atoms with Gasteiger partial charge in [-0.05, 0) is 31.5 Å². The molecule has 5 nitrogen and oxygen atoms in total. The molecule has 0 bridgehead atoms. The molecule has 1 heterocycles. The van der Waals surface area contributed by atoms with Crippen LogP contribution in [0.1, 0.15) is 40.5 Å². The van der Waals surface area contributed by atoms with Crippen molar-refractivity contribution in [2.75, 3.05) is 13.2 Å². The van der Waals surface area contributed by atoms with Crippen LogP contribution in [0.25, 0.3) is 0 Å².